The van der Waals surface area contributed by atoms with Crippen LogP contribution in [0.4, 0.5) is 20.6 Å². The zero-order valence-corrected chi connectivity index (χ0v) is 21.6. The number of esters is 1. The van der Waals surface area contributed by atoms with Crippen LogP contribution in [0.15, 0.2) is 60.7 Å². The summed E-state index contributed by atoms with van der Waals surface area (Å²) in [5, 5.41) is 10.7. The van der Waals surface area contributed by atoms with E-state index in [0.717, 1.165) is 16.1 Å². The van der Waals surface area contributed by atoms with Crippen molar-refractivity contribution in [3.8, 4) is 5.75 Å². The molecule has 0 radical (unpaired) electrons. The minimum Gasteiger partial charge on any atom is -0.466 e. The number of halogens is 1. The Balaban J connectivity index is 1.50. The highest BCUT2D eigenvalue weighted by atomic mass is 19.1. The standard InChI is InChI=1S/C28H29FN6O4/c1-3-38-25(36)14-15-35(22-7-5-4-6-20(22)29)28(37)39-23-13-12-21-26(17(23)2)34-24(33-21)16-32-19-10-8-18(9-11-19)27(30)31/h4-13,32H,3,14-16H2,1-2H3,(H3,30,31)(H,33,34). The number of amidine groups is 1. The number of para-hydroxylation sites is 1. The predicted octanol–water partition coefficient (Wildman–Crippen LogP) is 4.87. The molecular formula is C28H29FN6O4. The molecular weight excluding hydrogens is 503 g/mol. The van der Waals surface area contributed by atoms with Gasteiger partial charge in [0.25, 0.3) is 0 Å². The van der Waals surface area contributed by atoms with Gasteiger partial charge in [0.05, 0.1) is 36.3 Å². The van der Waals surface area contributed by atoms with Gasteiger partial charge in [0, 0.05) is 23.4 Å². The molecule has 0 aliphatic heterocycles. The van der Waals surface area contributed by atoms with Crippen LogP contribution in [0.3, 0.4) is 0 Å². The van der Waals surface area contributed by atoms with Gasteiger partial charge in [0.2, 0.25) is 0 Å². The number of carbonyl (C=O) groups excluding carboxylic acids is 2. The van der Waals surface area contributed by atoms with Crippen LogP contribution in [0.25, 0.3) is 11.0 Å². The predicted molar refractivity (Wildman–Crippen MR) is 147 cm³/mol. The van der Waals surface area contributed by atoms with Crippen molar-refractivity contribution in [1.82, 2.24) is 9.97 Å². The summed E-state index contributed by atoms with van der Waals surface area (Å²) in [7, 11) is 0. The number of imidazole rings is 1. The van der Waals surface area contributed by atoms with E-state index in [1.54, 1.807) is 44.2 Å². The third-order valence-corrected chi connectivity index (χ3v) is 5.97. The van der Waals surface area contributed by atoms with Crippen LogP contribution in [0, 0.1) is 18.2 Å². The molecule has 0 fully saturated rings. The fourth-order valence-electron chi connectivity index (χ4n) is 3.96. The molecule has 11 heteroatoms. The number of H-pyrrole nitrogens is 1. The lowest BCUT2D eigenvalue weighted by Crippen LogP contribution is -2.36. The first kappa shape index (κ1) is 27.1. The maximum Gasteiger partial charge on any atom is 0.419 e. The number of ether oxygens (including phenoxy) is 2. The second kappa shape index (κ2) is 12.1. The van der Waals surface area contributed by atoms with Crippen LogP contribution in [0.5, 0.6) is 5.75 Å². The van der Waals surface area contributed by atoms with Gasteiger partial charge in [0.15, 0.2) is 0 Å². The maximum absolute atomic E-state index is 14.6. The Bertz CT molecular complexity index is 1500. The number of rotatable bonds is 10. The average molecular weight is 533 g/mol. The second-order valence-electron chi connectivity index (χ2n) is 8.64. The van der Waals surface area contributed by atoms with Crippen molar-refractivity contribution in [2.45, 2.75) is 26.8 Å². The van der Waals surface area contributed by atoms with Gasteiger partial charge in [-0.05, 0) is 62.4 Å². The Morgan fingerprint density at radius 2 is 1.87 bits per heavy atom. The first-order valence-electron chi connectivity index (χ1n) is 12.3. The van der Waals surface area contributed by atoms with Gasteiger partial charge in [-0.2, -0.15) is 0 Å². The van der Waals surface area contributed by atoms with E-state index in [9.17, 15) is 14.0 Å². The monoisotopic (exact) mass is 532 g/mol. The summed E-state index contributed by atoms with van der Waals surface area (Å²) in [4.78, 5) is 34.0. The van der Waals surface area contributed by atoms with E-state index in [4.69, 9.17) is 20.6 Å². The minimum absolute atomic E-state index is 0.00170. The fourth-order valence-corrected chi connectivity index (χ4v) is 3.96. The Labute approximate surface area is 224 Å². The van der Waals surface area contributed by atoms with Crippen molar-refractivity contribution in [2.75, 3.05) is 23.4 Å². The molecule has 0 aliphatic carbocycles. The van der Waals surface area contributed by atoms with Crippen molar-refractivity contribution >= 4 is 40.3 Å². The van der Waals surface area contributed by atoms with Crippen molar-refractivity contribution in [3.05, 3.63) is 83.4 Å². The molecule has 0 saturated heterocycles. The number of nitrogens with one attached hydrogen (secondary N) is 3. The van der Waals surface area contributed by atoms with Crippen molar-refractivity contribution in [2.24, 2.45) is 5.73 Å². The van der Waals surface area contributed by atoms with Crippen LogP contribution >= 0.6 is 0 Å². The molecule has 202 valence electrons. The lowest BCUT2D eigenvalue weighted by Gasteiger charge is -2.22. The Kier molecular flexibility index (Phi) is 8.40. The number of aromatic nitrogens is 2. The summed E-state index contributed by atoms with van der Waals surface area (Å²) in [5.74, 6) is -0.199. The lowest BCUT2D eigenvalue weighted by molar-refractivity contribution is -0.142. The van der Waals surface area contributed by atoms with E-state index in [0.29, 0.717) is 29.0 Å². The summed E-state index contributed by atoms with van der Waals surface area (Å²) in [6.07, 6.45) is -0.957. The normalized spacial score (nSPS) is 10.7. The van der Waals surface area contributed by atoms with E-state index in [1.807, 2.05) is 12.1 Å². The topological polar surface area (TPSA) is 146 Å². The number of aromatic amines is 1. The summed E-state index contributed by atoms with van der Waals surface area (Å²) < 4.78 is 25.2. The van der Waals surface area contributed by atoms with Gasteiger partial charge in [-0.25, -0.2) is 14.2 Å². The summed E-state index contributed by atoms with van der Waals surface area (Å²) in [5.41, 5.74) is 8.96. The summed E-state index contributed by atoms with van der Waals surface area (Å²) in [6, 6.07) is 16.3. The Hall–Kier alpha value is -4.93. The van der Waals surface area contributed by atoms with Crippen LogP contribution in [0.1, 0.15) is 30.3 Å². The minimum atomic E-state index is -0.835. The average Bonchev–Trinajstić information content (AvgIpc) is 3.34. The van der Waals surface area contributed by atoms with Gasteiger partial charge < -0.3 is 25.5 Å². The quantitative estimate of drug-likeness (QED) is 0.129. The molecule has 3 aromatic carbocycles. The first-order valence-corrected chi connectivity index (χ1v) is 12.3. The molecule has 1 aromatic heterocycles. The van der Waals surface area contributed by atoms with Crippen LogP contribution < -0.4 is 20.7 Å². The number of hydrogen-bond acceptors (Lipinski definition) is 7. The molecule has 0 unspecified atom stereocenters. The molecule has 10 nitrogen and oxygen atoms in total. The van der Waals surface area contributed by atoms with Crippen LogP contribution in [-0.4, -0.2) is 41.0 Å². The van der Waals surface area contributed by atoms with Gasteiger partial charge in [-0.15, -0.1) is 0 Å². The highest BCUT2D eigenvalue weighted by Gasteiger charge is 2.23. The number of benzene rings is 3. The van der Waals surface area contributed by atoms with E-state index in [1.165, 1.54) is 18.2 Å². The molecule has 0 aliphatic rings. The van der Waals surface area contributed by atoms with E-state index in [2.05, 4.69) is 15.3 Å². The van der Waals surface area contributed by atoms with Crippen molar-refractivity contribution in [3.63, 3.8) is 0 Å². The van der Waals surface area contributed by atoms with Gasteiger partial charge >= 0.3 is 12.1 Å². The number of nitrogens with two attached hydrogens (primary N) is 1. The lowest BCUT2D eigenvalue weighted by atomic mass is 10.2. The zero-order chi connectivity index (χ0) is 27.9. The van der Waals surface area contributed by atoms with Crippen molar-refractivity contribution < 1.29 is 23.5 Å². The number of amides is 1. The smallest absolute Gasteiger partial charge is 0.419 e. The molecule has 0 saturated carbocycles. The number of anilines is 2. The molecule has 0 atom stereocenters. The second-order valence-corrected chi connectivity index (χ2v) is 8.64. The van der Waals surface area contributed by atoms with Gasteiger partial charge in [-0.1, -0.05) is 12.1 Å². The molecule has 0 spiro atoms. The van der Waals surface area contributed by atoms with Crippen LogP contribution in [-0.2, 0) is 16.1 Å². The van der Waals surface area contributed by atoms with Gasteiger partial charge in [-0.3, -0.25) is 15.1 Å². The Morgan fingerprint density at radius 1 is 1.13 bits per heavy atom. The number of carbonyl (C=O) groups is 2. The molecule has 0 bridgehead atoms. The number of nitrogens with zero attached hydrogens (tertiary/aromatic N) is 2. The van der Waals surface area contributed by atoms with E-state index in [-0.39, 0.29) is 36.8 Å². The Morgan fingerprint density at radius 3 is 2.56 bits per heavy atom. The number of aryl methyl sites for hydroxylation is 1. The van der Waals surface area contributed by atoms with E-state index < -0.39 is 17.9 Å². The molecule has 4 rings (SSSR count). The highest BCUT2D eigenvalue weighted by Crippen LogP contribution is 2.28. The molecule has 4 aromatic rings. The highest BCUT2D eigenvalue weighted by molar-refractivity contribution is 5.95. The molecule has 1 heterocycles. The first-order chi connectivity index (χ1) is 18.8. The van der Waals surface area contributed by atoms with Gasteiger partial charge in [0.1, 0.15) is 23.2 Å². The van der Waals surface area contributed by atoms with E-state index >= 15 is 0 Å². The number of fused-ring (bicyclic) bond motifs is 1. The van der Waals surface area contributed by atoms with Crippen molar-refractivity contribution in [1.29, 1.82) is 5.41 Å². The molecule has 39 heavy (non-hydrogen) atoms. The molecule has 1 amide bonds. The number of nitrogen functional groups attached to an aromatic ring is 1. The largest absolute Gasteiger partial charge is 0.466 e. The third-order valence-electron chi connectivity index (χ3n) is 5.97. The summed E-state index contributed by atoms with van der Waals surface area (Å²) >= 11 is 0. The maximum atomic E-state index is 14.6. The number of hydrogen-bond donors (Lipinski definition) is 4. The SMILES string of the molecule is CCOC(=O)CCN(C(=O)Oc1ccc2[nH]c(CNc3ccc(C(=N)N)cc3)nc2c1C)c1ccccc1F. The zero-order valence-electron chi connectivity index (χ0n) is 21.6. The third kappa shape index (κ3) is 6.50. The summed E-state index contributed by atoms with van der Waals surface area (Å²) in [6.45, 7) is 3.94. The molecule has 5 N–H and O–H groups in total. The van der Waals surface area contributed by atoms with Crippen LogP contribution in [0.2, 0.25) is 0 Å². The fraction of sp³-hybridized carbons (Fsp3) is 0.214.